The average molecular weight is 345 g/mol. The number of alkyl halides is 3. The third kappa shape index (κ3) is 5.90. The third-order valence-electron chi connectivity index (χ3n) is 2.96. The van der Waals surface area contributed by atoms with Crippen molar-refractivity contribution in [2.45, 2.75) is 25.6 Å². The van der Waals surface area contributed by atoms with Crippen molar-refractivity contribution in [3.8, 4) is 5.75 Å². The van der Waals surface area contributed by atoms with E-state index in [2.05, 4.69) is 15.2 Å². The molecular weight excluding hydrogens is 330 g/mol. The van der Waals surface area contributed by atoms with Crippen molar-refractivity contribution >= 4 is 11.6 Å². The first-order chi connectivity index (χ1) is 11.3. The van der Waals surface area contributed by atoms with Crippen LogP contribution in [0.2, 0.25) is 0 Å². The fourth-order valence-corrected chi connectivity index (χ4v) is 1.93. The molecule has 0 saturated heterocycles. The van der Waals surface area contributed by atoms with Crippen molar-refractivity contribution in [2.75, 3.05) is 11.9 Å². The van der Waals surface area contributed by atoms with Gasteiger partial charge in [-0.25, -0.2) is 4.39 Å². The Morgan fingerprint density at radius 3 is 2.79 bits per heavy atom. The SMILES string of the molecule is O=C(CCCn1cccn1)Nc1ccc(F)cc1OCC(F)(F)F. The van der Waals surface area contributed by atoms with Crippen LogP contribution in [0.5, 0.6) is 5.75 Å². The number of amides is 1. The molecule has 130 valence electrons. The van der Waals surface area contributed by atoms with Gasteiger partial charge in [0.2, 0.25) is 5.91 Å². The maximum Gasteiger partial charge on any atom is 0.422 e. The highest BCUT2D eigenvalue weighted by Crippen LogP contribution is 2.27. The fraction of sp³-hybridized carbons (Fsp3) is 0.333. The zero-order chi connectivity index (χ0) is 17.6. The van der Waals surface area contributed by atoms with Crippen molar-refractivity contribution < 1.29 is 27.1 Å². The highest BCUT2D eigenvalue weighted by Gasteiger charge is 2.29. The third-order valence-corrected chi connectivity index (χ3v) is 2.96. The molecule has 0 aliphatic carbocycles. The lowest BCUT2D eigenvalue weighted by molar-refractivity contribution is -0.153. The Morgan fingerprint density at radius 2 is 2.12 bits per heavy atom. The summed E-state index contributed by atoms with van der Waals surface area (Å²) in [5, 5.41) is 6.41. The molecule has 0 aliphatic rings. The van der Waals surface area contributed by atoms with Crippen LogP contribution in [-0.2, 0) is 11.3 Å². The molecule has 0 bridgehead atoms. The number of anilines is 1. The van der Waals surface area contributed by atoms with E-state index in [4.69, 9.17) is 0 Å². The summed E-state index contributed by atoms with van der Waals surface area (Å²) in [6.07, 6.45) is -0.565. The molecule has 2 aromatic rings. The van der Waals surface area contributed by atoms with Gasteiger partial charge in [-0.15, -0.1) is 0 Å². The van der Waals surface area contributed by atoms with E-state index in [0.29, 0.717) is 13.0 Å². The van der Waals surface area contributed by atoms with E-state index in [0.717, 1.165) is 18.2 Å². The number of carbonyl (C=O) groups is 1. The Balaban J connectivity index is 1.91. The number of ether oxygens (including phenoxy) is 1. The molecule has 24 heavy (non-hydrogen) atoms. The number of nitrogens with zero attached hydrogens (tertiary/aromatic N) is 2. The predicted octanol–water partition coefficient (Wildman–Crippen LogP) is 3.38. The Hall–Kier alpha value is -2.58. The normalized spacial score (nSPS) is 11.3. The molecule has 0 fully saturated rings. The lowest BCUT2D eigenvalue weighted by Gasteiger charge is -2.14. The van der Waals surface area contributed by atoms with Gasteiger partial charge >= 0.3 is 6.18 Å². The second-order valence-corrected chi connectivity index (χ2v) is 4.97. The van der Waals surface area contributed by atoms with Gasteiger partial charge in [-0.05, 0) is 24.6 Å². The van der Waals surface area contributed by atoms with Crippen LogP contribution in [0, 0.1) is 5.82 Å². The summed E-state index contributed by atoms with van der Waals surface area (Å²) in [5.74, 6) is -1.54. The number of halogens is 4. The van der Waals surface area contributed by atoms with Gasteiger partial charge in [0.15, 0.2) is 6.61 Å². The minimum Gasteiger partial charge on any atom is -0.482 e. The van der Waals surface area contributed by atoms with Gasteiger partial charge in [0.25, 0.3) is 0 Å². The Morgan fingerprint density at radius 1 is 1.33 bits per heavy atom. The molecule has 0 unspecified atom stereocenters. The summed E-state index contributed by atoms with van der Waals surface area (Å²) < 4.78 is 56.1. The molecule has 5 nitrogen and oxygen atoms in total. The van der Waals surface area contributed by atoms with Crippen molar-refractivity contribution in [3.63, 3.8) is 0 Å². The summed E-state index contributed by atoms with van der Waals surface area (Å²) >= 11 is 0. The lowest BCUT2D eigenvalue weighted by atomic mass is 10.2. The number of nitrogens with one attached hydrogen (secondary N) is 1. The van der Waals surface area contributed by atoms with Crippen LogP contribution in [0.4, 0.5) is 23.2 Å². The average Bonchev–Trinajstić information content (AvgIpc) is 3.00. The number of carbonyl (C=O) groups excluding carboxylic acids is 1. The molecule has 1 heterocycles. The van der Waals surface area contributed by atoms with Crippen molar-refractivity contribution in [1.29, 1.82) is 0 Å². The highest BCUT2D eigenvalue weighted by molar-refractivity contribution is 5.92. The first-order valence-electron chi connectivity index (χ1n) is 7.10. The van der Waals surface area contributed by atoms with Crippen LogP contribution in [0.15, 0.2) is 36.7 Å². The molecule has 1 aromatic heterocycles. The Labute approximate surface area is 135 Å². The lowest BCUT2D eigenvalue weighted by Crippen LogP contribution is -2.20. The number of hydrogen-bond donors (Lipinski definition) is 1. The van der Waals surface area contributed by atoms with E-state index >= 15 is 0 Å². The summed E-state index contributed by atoms with van der Waals surface area (Å²) in [7, 11) is 0. The summed E-state index contributed by atoms with van der Waals surface area (Å²) in [4.78, 5) is 11.9. The molecule has 0 aliphatic heterocycles. The van der Waals surface area contributed by atoms with Gasteiger partial charge in [-0.3, -0.25) is 9.48 Å². The van der Waals surface area contributed by atoms with Crippen LogP contribution in [0.1, 0.15) is 12.8 Å². The molecular formula is C15H15F4N3O2. The molecule has 9 heteroatoms. The fourth-order valence-electron chi connectivity index (χ4n) is 1.93. The number of aryl methyl sites for hydroxylation is 1. The predicted molar refractivity (Wildman–Crippen MR) is 78.0 cm³/mol. The number of benzene rings is 1. The maximum absolute atomic E-state index is 13.2. The second-order valence-electron chi connectivity index (χ2n) is 4.97. The quantitative estimate of drug-likeness (QED) is 0.783. The van der Waals surface area contributed by atoms with Gasteiger partial charge in [0.05, 0.1) is 5.69 Å². The second kappa shape index (κ2) is 7.80. The largest absolute Gasteiger partial charge is 0.482 e. The molecule has 1 N–H and O–H groups in total. The molecule has 2 rings (SSSR count). The van der Waals surface area contributed by atoms with Gasteiger partial charge in [-0.1, -0.05) is 0 Å². The molecule has 1 amide bonds. The Kier molecular flexibility index (Phi) is 5.78. The van der Waals surface area contributed by atoms with Crippen LogP contribution in [0.3, 0.4) is 0 Å². The first-order valence-corrected chi connectivity index (χ1v) is 7.10. The summed E-state index contributed by atoms with van der Waals surface area (Å²) in [6, 6.07) is 4.74. The van der Waals surface area contributed by atoms with Gasteiger partial charge in [0.1, 0.15) is 11.6 Å². The molecule has 0 radical (unpaired) electrons. The Bertz CT molecular complexity index is 672. The van der Waals surface area contributed by atoms with Crippen LogP contribution < -0.4 is 10.1 Å². The summed E-state index contributed by atoms with van der Waals surface area (Å²) in [5.41, 5.74) is -0.00950. The van der Waals surface area contributed by atoms with Crippen molar-refractivity contribution in [1.82, 2.24) is 9.78 Å². The van der Waals surface area contributed by atoms with E-state index in [9.17, 15) is 22.4 Å². The monoisotopic (exact) mass is 345 g/mol. The molecule has 1 aromatic carbocycles. The number of aromatic nitrogens is 2. The van der Waals surface area contributed by atoms with Gasteiger partial charge in [0, 0.05) is 31.4 Å². The smallest absolute Gasteiger partial charge is 0.422 e. The zero-order valence-corrected chi connectivity index (χ0v) is 12.5. The van der Waals surface area contributed by atoms with Crippen LogP contribution >= 0.6 is 0 Å². The van der Waals surface area contributed by atoms with Crippen molar-refractivity contribution in [2.24, 2.45) is 0 Å². The van der Waals surface area contributed by atoms with Crippen LogP contribution in [-0.4, -0.2) is 28.5 Å². The van der Waals surface area contributed by atoms with E-state index in [1.54, 1.807) is 23.1 Å². The van der Waals surface area contributed by atoms with E-state index < -0.39 is 24.5 Å². The molecule has 0 atom stereocenters. The maximum atomic E-state index is 13.2. The minimum absolute atomic E-state index is 0.00950. The van der Waals surface area contributed by atoms with Crippen molar-refractivity contribution in [3.05, 3.63) is 42.5 Å². The zero-order valence-electron chi connectivity index (χ0n) is 12.5. The molecule has 0 spiro atoms. The summed E-state index contributed by atoms with van der Waals surface area (Å²) in [6.45, 7) is -1.04. The topological polar surface area (TPSA) is 56.2 Å². The minimum atomic E-state index is -4.56. The van der Waals surface area contributed by atoms with Gasteiger partial charge in [-0.2, -0.15) is 18.3 Å². The van der Waals surface area contributed by atoms with Crippen LogP contribution in [0.25, 0.3) is 0 Å². The standard InChI is InChI=1S/C15H15F4N3O2/c16-11-4-5-12(13(9-11)24-10-15(17,18)19)21-14(23)3-1-7-22-8-2-6-20-22/h2,4-6,8-9H,1,3,7,10H2,(H,21,23). The number of rotatable bonds is 7. The van der Waals surface area contributed by atoms with E-state index in [1.807, 2.05) is 0 Å². The number of hydrogen-bond acceptors (Lipinski definition) is 3. The van der Waals surface area contributed by atoms with E-state index in [-0.39, 0.29) is 17.9 Å². The highest BCUT2D eigenvalue weighted by atomic mass is 19.4. The van der Waals surface area contributed by atoms with Gasteiger partial charge < -0.3 is 10.1 Å². The van der Waals surface area contributed by atoms with E-state index in [1.165, 1.54) is 0 Å². The first kappa shape index (κ1) is 17.8. The molecule has 0 saturated carbocycles.